The molecule has 180 valence electrons. The number of hydrogen-bond acceptors (Lipinski definition) is 6. The van der Waals surface area contributed by atoms with E-state index in [1.165, 1.54) is 17.7 Å². The van der Waals surface area contributed by atoms with E-state index in [9.17, 15) is 14.0 Å². The molecule has 4 aromatic rings. The van der Waals surface area contributed by atoms with Crippen LogP contribution < -0.4 is 4.74 Å². The van der Waals surface area contributed by atoms with E-state index in [1.54, 1.807) is 42.6 Å². The fourth-order valence-electron chi connectivity index (χ4n) is 3.79. The number of unbranched alkanes of at least 4 members (excludes halogenated alkanes) is 2. The van der Waals surface area contributed by atoms with Crippen molar-refractivity contribution < 1.29 is 28.6 Å². The molecule has 0 atom stereocenters. The minimum Gasteiger partial charge on any atom is -0.465 e. The maximum atomic E-state index is 14.0. The Bertz CT molecular complexity index is 1350. The Labute approximate surface area is 201 Å². The molecule has 0 aliphatic rings. The van der Waals surface area contributed by atoms with E-state index in [-0.39, 0.29) is 23.8 Å². The number of benzene rings is 2. The van der Waals surface area contributed by atoms with Gasteiger partial charge < -0.3 is 14.6 Å². The Morgan fingerprint density at radius 1 is 1.00 bits per heavy atom. The number of rotatable bonds is 9. The van der Waals surface area contributed by atoms with E-state index < -0.39 is 11.8 Å². The minimum atomic E-state index is -0.654. The number of methoxy groups -OCH3 is 1. The lowest BCUT2D eigenvalue weighted by Gasteiger charge is -2.14. The lowest BCUT2D eigenvalue weighted by molar-refractivity contribution is 0.0597. The molecule has 8 heteroatoms. The Morgan fingerprint density at radius 2 is 1.80 bits per heavy atom. The van der Waals surface area contributed by atoms with Gasteiger partial charge in [-0.2, -0.15) is 0 Å². The van der Waals surface area contributed by atoms with Gasteiger partial charge in [-0.25, -0.2) is 14.2 Å². The molecule has 35 heavy (non-hydrogen) atoms. The van der Waals surface area contributed by atoms with Crippen molar-refractivity contribution in [2.45, 2.75) is 25.7 Å². The monoisotopic (exact) mass is 476 g/mol. The van der Waals surface area contributed by atoms with Gasteiger partial charge in [0.25, 0.3) is 5.91 Å². The van der Waals surface area contributed by atoms with Crippen molar-refractivity contribution in [3.05, 3.63) is 89.5 Å². The van der Waals surface area contributed by atoms with Crippen molar-refractivity contribution in [2.75, 3.05) is 13.7 Å². The van der Waals surface area contributed by atoms with Gasteiger partial charge in [0.15, 0.2) is 0 Å². The molecule has 2 heterocycles. The van der Waals surface area contributed by atoms with Crippen LogP contribution >= 0.6 is 0 Å². The van der Waals surface area contributed by atoms with Crippen molar-refractivity contribution in [3.63, 3.8) is 0 Å². The third-order valence-electron chi connectivity index (χ3n) is 5.58. The number of carbonyl (C=O) groups excluding carboxylic acids is 2. The van der Waals surface area contributed by atoms with Gasteiger partial charge in [0, 0.05) is 29.8 Å². The zero-order valence-corrected chi connectivity index (χ0v) is 19.2. The molecule has 0 saturated heterocycles. The van der Waals surface area contributed by atoms with Crippen LogP contribution in [0.15, 0.2) is 66.9 Å². The number of nitrogens with zero attached hydrogens (tertiary/aromatic N) is 2. The van der Waals surface area contributed by atoms with Crippen LogP contribution in [0.2, 0.25) is 0 Å². The highest BCUT2D eigenvalue weighted by molar-refractivity contribution is 6.01. The number of aliphatic hydroxyl groups excluding tert-OH is 1. The molecule has 2 aromatic heterocycles. The largest absolute Gasteiger partial charge is 0.465 e. The van der Waals surface area contributed by atoms with Crippen LogP contribution in [0.1, 0.15) is 45.7 Å². The number of ether oxygens (including phenoxy) is 2. The van der Waals surface area contributed by atoms with Crippen LogP contribution in [-0.2, 0) is 11.2 Å². The van der Waals surface area contributed by atoms with E-state index in [0.29, 0.717) is 40.9 Å². The summed E-state index contributed by atoms with van der Waals surface area (Å²) in [7, 11) is 1.24. The second-order valence-corrected chi connectivity index (χ2v) is 7.97. The van der Waals surface area contributed by atoms with Gasteiger partial charge in [-0.05, 0) is 55.7 Å². The van der Waals surface area contributed by atoms with Gasteiger partial charge >= 0.3 is 5.97 Å². The van der Waals surface area contributed by atoms with Crippen LogP contribution in [0.3, 0.4) is 0 Å². The number of fused-ring (bicyclic) bond motifs is 1. The van der Waals surface area contributed by atoms with Crippen LogP contribution in [0, 0.1) is 5.82 Å². The minimum absolute atomic E-state index is 0.00871. The Morgan fingerprint density at radius 3 is 2.54 bits per heavy atom. The normalized spacial score (nSPS) is 10.9. The maximum Gasteiger partial charge on any atom is 0.341 e. The average Bonchev–Trinajstić information content (AvgIpc) is 3.29. The van der Waals surface area contributed by atoms with E-state index in [4.69, 9.17) is 19.6 Å². The second-order valence-electron chi connectivity index (χ2n) is 7.97. The second kappa shape index (κ2) is 10.9. The highest BCUT2D eigenvalue weighted by Crippen LogP contribution is 2.32. The predicted molar refractivity (Wildman–Crippen MR) is 128 cm³/mol. The molecule has 2 aromatic carbocycles. The highest BCUT2D eigenvalue weighted by atomic mass is 19.1. The van der Waals surface area contributed by atoms with Crippen LogP contribution in [0.25, 0.3) is 11.0 Å². The van der Waals surface area contributed by atoms with Crippen LogP contribution in [0.5, 0.6) is 11.5 Å². The fourth-order valence-corrected chi connectivity index (χ4v) is 3.79. The van der Waals surface area contributed by atoms with Gasteiger partial charge in [-0.15, -0.1) is 0 Å². The highest BCUT2D eigenvalue weighted by Gasteiger charge is 2.19. The molecule has 0 radical (unpaired) electrons. The standard InChI is InChI=1S/C27H25FN2O5/c1-34-27(33)21-12-11-20(28)17-23(21)35-24-16-19-13-14-30(26(32)18-8-4-2-5-9-18)25(19)29-22(24)10-6-3-7-15-31/h2,4-5,8-9,11-14,16-17,31H,3,6-7,10,15H2,1H3. The Hall–Kier alpha value is -4.04. The molecule has 4 rings (SSSR count). The molecule has 0 aliphatic heterocycles. The van der Waals surface area contributed by atoms with Crippen molar-refractivity contribution in [1.82, 2.24) is 9.55 Å². The van der Waals surface area contributed by atoms with E-state index in [0.717, 1.165) is 25.0 Å². The van der Waals surface area contributed by atoms with Gasteiger partial charge in [-0.3, -0.25) is 9.36 Å². The summed E-state index contributed by atoms with van der Waals surface area (Å²) < 4.78 is 26.3. The number of pyridine rings is 1. The topological polar surface area (TPSA) is 90.7 Å². The molecule has 1 N–H and O–H groups in total. The average molecular weight is 477 g/mol. The zero-order chi connectivity index (χ0) is 24.8. The van der Waals surface area contributed by atoms with Crippen molar-refractivity contribution in [1.29, 1.82) is 0 Å². The van der Waals surface area contributed by atoms with Crippen molar-refractivity contribution in [3.8, 4) is 11.5 Å². The lowest BCUT2D eigenvalue weighted by Crippen LogP contribution is -2.12. The third-order valence-corrected chi connectivity index (χ3v) is 5.58. The first-order valence-electron chi connectivity index (χ1n) is 11.3. The molecule has 0 unspecified atom stereocenters. The summed E-state index contributed by atoms with van der Waals surface area (Å²) >= 11 is 0. The number of carbonyl (C=O) groups is 2. The molecular weight excluding hydrogens is 451 g/mol. The maximum absolute atomic E-state index is 14.0. The third kappa shape index (κ3) is 5.38. The molecule has 7 nitrogen and oxygen atoms in total. The molecule has 0 bridgehead atoms. The summed E-state index contributed by atoms with van der Waals surface area (Å²) in [6, 6.07) is 16.0. The van der Waals surface area contributed by atoms with E-state index in [2.05, 4.69) is 0 Å². The number of halogens is 1. The zero-order valence-electron chi connectivity index (χ0n) is 19.2. The molecule has 0 fully saturated rings. The smallest absolute Gasteiger partial charge is 0.341 e. The summed E-state index contributed by atoms with van der Waals surface area (Å²) in [5.74, 6) is -1.08. The predicted octanol–water partition coefficient (Wildman–Crippen LogP) is 5.15. The summed E-state index contributed by atoms with van der Waals surface area (Å²) in [4.78, 5) is 30.0. The Kier molecular flexibility index (Phi) is 7.52. The van der Waals surface area contributed by atoms with Gasteiger partial charge in [0.2, 0.25) is 0 Å². The summed E-state index contributed by atoms with van der Waals surface area (Å²) in [6.07, 6.45) is 4.29. The lowest BCUT2D eigenvalue weighted by atomic mass is 10.1. The molecule has 0 saturated carbocycles. The first-order valence-corrected chi connectivity index (χ1v) is 11.3. The van der Waals surface area contributed by atoms with E-state index >= 15 is 0 Å². The number of esters is 1. The summed E-state index contributed by atoms with van der Waals surface area (Å²) in [6.45, 7) is 0.0933. The first kappa shape index (κ1) is 24.1. The number of aryl methyl sites for hydroxylation is 1. The summed E-state index contributed by atoms with van der Waals surface area (Å²) in [5.41, 5.74) is 1.63. The van der Waals surface area contributed by atoms with Gasteiger partial charge in [-0.1, -0.05) is 24.6 Å². The Balaban J connectivity index is 1.76. The first-order chi connectivity index (χ1) is 17.0. The molecule has 0 aliphatic carbocycles. The van der Waals surface area contributed by atoms with Gasteiger partial charge in [0.05, 0.1) is 12.8 Å². The van der Waals surface area contributed by atoms with Crippen LogP contribution in [-0.4, -0.2) is 40.3 Å². The van der Waals surface area contributed by atoms with Crippen LogP contribution in [0.4, 0.5) is 4.39 Å². The van der Waals surface area contributed by atoms with Crippen molar-refractivity contribution in [2.24, 2.45) is 0 Å². The fraction of sp³-hybridized carbons (Fsp3) is 0.222. The molecular formula is C27H25FN2O5. The van der Waals surface area contributed by atoms with Gasteiger partial charge in [0.1, 0.15) is 28.5 Å². The number of hydrogen-bond donors (Lipinski definition) is 1. The SMILES string of the molecule is COC(=O)c1ccc(F)cc1Oc1cc2ccn(C(=O)c3ccccc3)c2nc1CCCCCO. The molecule has 0 amide bonds. The number of aliphatic hydroxyl groups is 1. The quantitative estimate of drug-likeness (QED) is 0.265. The number of aromatic nitrogens is 2. The summed E-state index contributed by atoms with van der Waals surface area (Å²) in [5, 5.41) is 9.76. The molecule has 0 spiro atoms. The van der Waals surface area contributed by atoms with E-state index in [1.807, 2.05) is 6.07 Å². The van der Waals surface area contributed by atoms with Crippen molar-refractivity contribution >= 4 is 22.9 Å².